The van der Waals surface area contributed by atoms with Gasteiger partial charge in [-0.25, -0.2) is 4.39 Å². The maximum absolute atomic E-state index is 14.8. The molecule has 0 aliphatic carbocycles. The fraction of sp³-hybridized carbons (Fsp3) is 0.362. The van der Waals surface area contributed by atoms with Gasteiger partial charge in [-0.3, -0.25) is 9.59 Å². The number of carbonyl (C=O) groups excluding carboxylic acids is 1. The lowest BCUT2D eigenvalue weighted by molar-refractivity contribution is -0.141. The van der Waals surface area contributed by atoms with Crippen LogP contribution in [0, 0.1) is 17.7 Å². The normalized spacial score (nSPS) is 19.1. The van der Waals surface area contributed by atoms with Crippen molar-refractivity contribution in [3.8, 4) is 34.8 Å². The molecule has 4 aliphatic rings. The molecule has 0 bridgehead atoms. The standard InChI is InChI=1S/C31H34ClFN4O5.C16H15ClN2O3/c32-22-6-8-23(9-7-22)42-28-5-3-4-27(35-28)37-13-10-20(18-37)31(39)34-25(19-36-11-1-2-12-36)29(38)21-16-24(33)30-26(17-21)40-14-15-41-30;17-12-4-6-13(7-5-12)22-15-3-1-2-14(18-15)19-9-8-11(10-19)16(20)21/h3-9,16-17,20,25,29,38H,1-2,10-15,18-19H2,(H,34,39);1-7,11H,8-10H2,(H,20,21)/t20-,25-,29-;11-/m11/s1. The Morgan fingerprint density at radius 3 is 1.88 bits per heavy atom. The number of rotatable bonds is 13. The molecular formula is C47H49Cl2FN6O8. The predicted octanol–water partition coefficient (Wildman–Crippen LogP) is 8.02. The highest BCUT2D eigenvalue weighted by atomic mass is 35.5. The number of carboxylic acids is 1. The number of likely N-dealkylation sites (tertiary alicyclic amines) is 1. The van der Waals surface area contributed by atoms with E-state index in [-0.39, 0.29) is 35.8 Å². The number of ether oxygens (including phenoxy) is 4. The molecule has 9 rings (SSSR count). The molecule has 17 heteroatoms. The topological polar surface area (TPSA) is 159 Å². The van der Waals surface area contributed by atoms with Crippen molar-refractivity contribution in [1.82, 2.24) is 20.2 Å². The Morgan fingerprint density at radius 1 is 0.766 bits per heavy atom. The molecule has 64 heavy (non-hydrogen) atoms. The Bertz CT molecular complexity index is 2390. The third-order valence-corrected chi connectivity index (χ3v) is 12.1. The SMILES string of the molecule is O=C(N[C@H](CN1CCCC1)[C@H](O)c1cc(F)c2c(c1)OCCO2)[C@@H]1CCN(c2cccc(Oc3ccc(Cl)cc3)n2)C1.O=C(O)[C@@H]1CCN(c2cccc(Oc3ccc(Cl)cc3)n2)C1. The zero-order chi connectivity index (χ0) is 44.6. The lowest BCUT2D eigenvalue weighted by Crippen LogP contribution is -2.48. The van der Waals surface area contributed by atoms with Gasteiger partial charge >= 0.3 is 5.97 Å². The number of hydrogen-bond donors (Lipinski definition) is 3. The minimum absolute atomic E-state index is 0.0552. The number of benzene rings is 3. The molecule has 0 radical (unpaired) electrons. The van der Waals surface area contributed by atoms with Crippen LogP contribution in [0.2, 0.25) is 10.0 Å². The number of amides is 1. The van der Waals surface area contributed by atoms with Crippen LogP contribution in [0.3, 0.4) is 0 Å². The number of anilines is 2. The van der Waals surface area contributed by atoms with Crippen LogP contribution in [0.15, 0.2) is 97.1 Å². The van der Waals surface area contributed by atoms with Crippen LogP contribution < -0.4 is 34.1 Å². The summed E-state index contributed by atoms with van der Waals surface area (Å²) < 4.78 is 37.3. The first-order chi connectivity index (χ1) is 31.0. The Kier molecular flexibility index (Phi) is 14.5. The molecule has 2 aromatic heterocycles. The Morgan fingerprint density at radius 2 is 1.31 bits per heavy atom. The summed E-state index contributed by atoms with van der Waals surface area (Å²) in [6, 6.07) is 27.4. The molecule has 4 atom stereocenters. The summed E-state index contributed by atoms with van der Waals surface area (Å²) in [4.78, 5) is 39.9. The fourth-order valence-electron chi connectivity index (χ4n) is 8.18. The van der Waals surface area contributed by atoms with E-state index in [1.807, 2.05) is 29.2 Å². The maximum Gasteiger partial charge on any atom is 0.308 e. The Balaban J connectivity index is 0.000000214. The summed E-state index contributed by atoms with van der Waals surface area (Å²) in [6.45, 7) is 5.14. The van der Waals surface area contributed by atoms with Crippen LogP contribution >= 0.6 is 23.2 Å². The van der Waals surface area contributed by atoms with Crippen LogP contribution in [0.4, 0.5) is 16.0 Å². The molecule has 0 saturated carbocycles. The number of aliphatic hydroxyl groups is 1. The summed E-state index contributed by atoms with van der Waals surface area (Å²) >= 11 is 11.8. The smallest absolute Gasteiger partial charge is 0.308 e. The van der Waals surface area contributed by atoms with Gasteiger partial charge in [0.15, 0.2) is 17.3 Å². The molecule has 0 spiro atoms. The first-order valence-electron chi connectivity index (χ1n) is 21.4. The van der Waals surface area contributed by atoms with E-state index in [0.717, 1.165) is 37.6 Å². The molecule has 0 unspecified atom stereocenters. The average molecular weight is 916 g/mol. The van der Waals surface area contributed by atoms with Crippen molar-refractivity contribution in [2.45, 2.75) is 37.8 Å². The third kappa shape index (κ3) is 11.4. The van der Waals surface area contributed by atoms with Gasteiger partial charge in [-0.15, -0.1) is 0 Å². The Hall–Kier alpha value is -5.87. The summed E-state index contributed by atoms with van der Waals surface area (Å²) in [5, 5.41) is 24.8. The second kappa shape index (κ2) is 20.8. The minimum Gasteiger partial charge on any atom is -0.486 e. The van der Waals surface area contributed by atoms with Crippen molar-refractivity contribution in [3.05, 3.63) is 118 Å². The van der Waals surface area contributed by atoms with Crippen LogP contribution in [-0.4, -0.2) is 102 Å². The van der Waals surface area contributed by atoms with Crippen LogP contribution in [0.25, 0.3) is 0 Å². The van der Waals surface area contributed by atoms with E-state index < -0.39 is 23.9 Å². The molecule has 1 amide bonds. The number of pyridine rings is 2. The average Bonchev–Trinajstić information content (AvgIpc) is 4.12. The predicted molar refractivity (Wildman–Crippen MR) is 240 cm³/mol. The number of hydrogen-bond acceptors (Lipinski definition) is 12. The van der Waals surface area contributed by atoms with Gasteiger partial charge in [-0.2, -0.15) is 9.97 Å². The number of carboxylic acid groups (broad SMARTS) is 1. The largest absolute Gasteiger partial charge is 0.486 e. The molecular weight excluding hydrogens is 866 g/mol. The highest BCUT2D eigenvalue weighted by molar-refractivity contribution is 6.30. The number of carbonyl (C=O) groups is 2. The van der Waals surface area contributed by atoms with Gasteiger partial charge in [-0.05, 0) is 117 Å². The molecule has 5 aromatic rings. The van der Waals surface area contributed by atoms with Gasteiger partial charge < -0.3 is 49.2 Å². The maximum atomic E-state index is 14.8. The number of aliphatic carboxylic acids is 1. The lowest BCUT2D eigenvalue weighted by Gasteiger charge is -2.30. The third-order valence-electron chi connectivity index (χ3n) is 11.6. The molecule has 336 valence electrons. The van der Waals surface area contributed by atoms with Crippen molar-refractivity contribution in [2.24, 2.45) is 11.8 Å². The quantitative estimate of drug-likeness (QED) is 0.104. The van der Waals surface area contributed by atoms with Crippen molar-refractivity contribution < 1.29 is 43.1 Å². The van der Waals surface area contributed by atoms with E-state index >= 15 is 0 Å². The van der Waals surface area contributed by atoms with Gasteiger partial charge in [0.2, 0.25) is 17.7 Å². The molecule has 3 fully saturated rings. The van der Waals surface area contributed by atoms with E-state index in [2.05, 4.69) is 25.1 Å². The summed E-state index contributed by atoms with van der Waals surface area (Å²) in [5.74, 6) is 1.86. The zero-order valence-corrected chi connectivity index (χ0v) is 36.5. The zero-order valence-electron chi connectivity index (χ0n) is 35.0. The number of aromatic nitrogens is 2. The Labute approximate surface area is 380 Å². The van der Waals surface area contributed by atoms with E-state index in [4.69, 9.17) is 47.3 Å². The van der Waals surface area contributed by atoms with Crippen LogP contribution in [0.5, 0.6) is 34.8 Å². The van der Waals surface area contributed by atoms with E-state index in [1.54, 1.807) is 66.7 Å². The van der Waals surface area contributed by atoms with Crippen LogP contribution in [0.1, 0.15) is 37.4 Å². The number of nitrogens with zero attached hydrogens (tertiary/aromatic N) is 5. The molecule has 3 N–H and O–H groups in total. The second-order valence-electron chi connectivity index (χ2n) is 16.1. The number of nitrogens with one attached hydrogen (secondary N) is 1. The number of fused-ring (bicyclic) bond motifs is 1. The van der Waals surface area contributed by atoms with Gasteiger partial charge in [0.25, 0.3) is 0 Å². The van der Waals surface area contributed by atoms with Crippen LogP contribution in [-0.2, 0) is 9.59 Å². The first-order valence-corrected chi connectivity index (χ1v) is 22.1. The highest BCUT2D eigenvalue weighted by Gasteiger charge is 2.34. The molecule has 14 nitrogen and oxygen atoms in total. The van der Waals surface area contributed by atoms with Crippen molar-refractivity contribution in [2.75, 3.05) is 68.8 Å². The minimum atomic E-state index is -1.12. The van der Waals surface area contributed by atoms with E-state index in [0.29, 0.717) is 91.0 Å². The van der Waals surface area contributed by atoms with E-state index in [9.17, 15) is 19.1 Å². The highest BCUT2D eigenvalue weighted by Crippen LogP contribution is 2.37. The van der Waals surface area contributed by atoms with Gasteiger partial charge in [0.05, 0.1) is 17.9 Å². The summed E-state index contributed by atoms with van der Waals surface area (Å²) in [7, 11) is 0. The van der Waals surface area contributed by atoms with Crippen molar-refractivity contribution in [3.63, 3.8) is 0 Å². The molecule has 3 saturated heterocycles. The van der Waals surface area contributed by atoms with Gasteiger partial charge in [-0.1, -0.05) is 35.3 Å². The number of halogens is 3. The lowest BCUT2D eigenvalue weighted by atomic mass is 9.99. The molecule has 3 aromatic carbocycles. The van der Waals surface area contributed by atoms with E-state index in [1.165, 1.54) is 6.07 Å². The van der Waals surface area contributed by atoms with Gasteiger partial charge in [0.1, 0.15) is 42.5 Å². The molecule has 6 heterocycles. The summed E-state index contributed by atoms with van der Waals surface area (Å²) in [5.41, 5.74) is 0.344. The van der Waals surface area contributed by atoms with Gasteiger partial charge in [0, 0.05) is 54.9 Å². The monoisotopic (exact) mass is 914 g/mol. The second-order valence-corrected chi connectivity index (χ2v) is 16.9. The van der Waals surface area contributed by atoms with Crippen molar-refractivity contribution in [1.29, 1.82) is 0 Å². The molecule has 4 aliphatic heterocycles. The number of aliphatic hydroxyl groups excluding tert-OH is 1. The fourth-order valence-corrected chi connectivity index (χ4v) is 8.43. The summed E-state index contributed by atoms with van der Waals surface area (Å²) in [6.07, 6.45) is 2.29. The van der Waals surface area contributed by atoms with Crippen molar-refractivity contribution >= 4 is 46.7 Å². The first kappa shape index (κ1) is 44.7.